The van der Waals surface area contributed by atoms with Crippen molar-refractivity contribution in [1.29, 1.82) is 0 Å². The first-order chi connectivity index (χ1) is 14.5. The number of halogens is 1. The number of nitrogens with zero attached hydrogens (tertiary/aromatic N) is 4. The number of unbranched alkanes of at least 4 members (excludes halogenated alkanes) is 1. The van der Waals surface area contributed by atoms with Crippen molar-refractivity contribution in [2.24, 2.45) is 0 Å². The summed E-state index contributed by atoms with van der Waals surface area (Å²) in [6, 6.07) is 3.76. The van der Waals surface area contributed by atoms with Gasteiger partial charge >= 0.3 is 5.13 Å². The molecule has 1 fully saturated rings. The summed E-state index contributed by atoms with van der Waals surface area (Å²) >= 11 is 7.70. The molecule has 7 nitrogen and oxygen atoms in total. The van der Waals surface area contributed by atoms with E-state index in [1.54, 1.807) is 6.26 Å². The van der Waals surface area contributed by atoms with E-state index >= 15 is 0 Å². The number of alkyl halides is 1. The second-order valence-electron chi connectivity index (χ2n) is 7.80. The number of hydroxylamine groups is 2. The number of rotatable bonds is 13. The van der Waals surface area contributed by atoms with E-state index < -0.39 is 4.65 Å². The number of aromatic nitrogens is 2. The van der Waals surface area contributed by atoms with Gasteiger partial charge in [-0.1, -0.05) is 18.1 Å². The lowest BCUT2D eigenvalue weighted by molar-refractivity contribution is 0.265. The molecule has 0 bridgehead atoms. The van der Waals surface area contributed by atoms with E-state index in [2.05, 4.69) is 33.9 Å². The summed E-state index contributed by atoms with van der Waals surface area (Å²) in [4.78, 5) is 2.21. The molecular weight excluding hydrogens is 422 g/mol. The van der Waals surface area contributed by atoms with Crippen LogP contribution in [-0.2, 0) is 13.0 Å². The maximum atomic E-state index is 14.0. The van der Waals surface area contributed by atoms with Crippen LogP contribution >= 0.6 is 22.9 Å². The molecule has 30 heavy (non-hydrogen) atoms. The minimum absolute atomic E-state index is 0.202. The number of furan rings is 1. The molecular formula is C21H32ClN5O2S. The zero-order valence-electron chi connectivity index (χ0n) is 17.6. The molecule has 3 unspecified atom stereocenters. The van der Waals surface area contributed by atoms with E-state index in [1.165, 1.54) is 11.3 Å². The topological polar surface area (TPSA) is 77.2 Å². The average molecular weight is 454 g/mol. The quantitative estimate of drug-likeness (QED) is 0.156. The van der Waals surface area contributed by atoms with Crippen molar-refractivity contribution in [2.45, 2.75) is 63.5 Å². The van der Waals surface area contributed by atoms with Gasteiger partial charge in [-0.15, -0.1) is 23.3 Å². The second kappa shape index (κ2) is 11.4. The van der Waals surface area contributed by atoms with Crippen LogP contribution in [0.3, 0.4) is 0 Å². The van der Waals surface area contributed by atoms with Gasteiger partial charge in [-0.3, -0.25) is 9.96 Å². The molecule has 0 aliphatic carbocycles. The fraction of sp³-hybridized carbons (Fsp3) is 0.619. The van der Waals surface area contributed by atoms with Gasteiger partial charge in [0.15, 0.2) is 6.17 Å². The Labute approximate surface area is 187 Å². The van der Waals surface area contributed by atoms with Crippen LogP contribution in [-0.4, -0.2) is 46.4 Å². The molecule has 1 aliphatic heterocycles. The minimum Gasteiger partial charge on any atom is -0.623 e. The van der Waals surface area contributed by atoms with Crippen LogP contribution in [0.2, 0.25) is 0 Å². The van der Waals surface area contributed by atoms with Crippen molar-refractivity contribution in [1.82, 2.24) is 25.1 Å². The van der Waals surface area contributed by atoms with Crippen LogP contribution in [0.1, 0.15) is 49.8 Å². The molecule has 1 N–H and O–H groups in total. The normalized spacial score (nSPS) is 23.1. The zero-order valence-corrected chi connectivity index (χ0v) is 19.2. The Morgan fingerprint density at radius 2 is 2.37 bits per heavy atom. The van der Waals surface area contributed by atoms with Crippen LogP contribution < -0.4 is 9.96 Å². The second-order valence-corrected chi connectivity index (χ2v) is 9.45. The van der Waals surface area contributed by atoms with E-state index in [4.69, 9.17) is 16.0 Å². The monoisotopic (exact) mass is 453 g/mol. The van der Waals surface area contributed by atoms with Gasteiger partial charge < -0.3 is 9.62 Å². The summed E-state index contributed by atoms with van der Waals surface area (Å²) in [5.41, 5.74) is 0. The van der Waals surface area contributed by atoms with Crippen molar-refractivity contribution in [3.63, 3.8) is 0 Å². The third kappa shape index (κ3) is 6.12. The molecule has 3 heterocycles. The molecule has 0 radical (unpaired) electrons. The number of nitrogens with one attached hydrogen (secondary N) is 1. The molecule has 9 heteroatoms. The Kier molecular flexibility index (Phi) is 8.85. The zero-order chi connectivity index (χ0) is 21.4. The highest BCUT2D eigenvalue weighted by Crippen LogP contribution is 2.33. The first-order valence-electron chi connectivity index (χ1n) is 10.7. The first kappa shape index (κ1) is 23.4. The molecule has 2 aromatic rings. The Morgan fingerprint density at radius 1 is 1.50 bits per heavy atom. The molecule has 0 spiro atoms. The fourth-order valence-corrected chi connectivity index (χ4v) is 4.78. The maximum Gasteiger partial charge on any atom is 0.309 e. The summed E-state index contributed by atoms with van der Waals surface area (Å²) in [5, 5.41) is 27.6. The Morgan fingerprint density at radius 3 is 3.10 bits per heavy atom. The van der Waals surface area contributed by atoms with Crippen molar-refractivity contribution in [3.05, 3.63) is 47.0 Å². The van der Waals surface area contributed by atoms with Gasteiger partial charge in [0.05, 0.1) is 19.4 Å². The molecule has 3 atom stereocenters. The lowest BCUT2D eigenvalue weighted by Crippen LogP contribution is -2.55. The molecule has 1 aliphatic rings. The third-order valence-corrected chi connectivity index (χ3v) is 7.07. The minimum atomic E-state index is -0.516. The highest BCUT2D eigenvalue weighted by molar-refractivity contribution is 7.15. The van der Waals surface area contributed by atoms with Gasteiger partial charge in [-0.05, 0) is 55.6 Å². The fourth-order valence-electron chi connectivity index (χ4n) is 3.67. The Bertz CT molecular complexity index is 771. The van der Waals surface area contributed by atoms with Crippen LogP contribution in [0.25, 0.3) is 0 Å². The SMILES string of the molecule is C=CCCCc1nnc([N+]2([O-])CN(CCCC(Cl)CC)CC2NCc2ccco2)s1. The Hall–Kier alpha value is -1.29. The van der Waals surface area contributed by atoms with Crippen LogP contribution in [0, 0.1) is 5.21 Å². The van der Waals surface area contributed by atoms with Gasteiger partial charge in [-0.2, -0.15) is 0 Å². The van der Waals surface area contributed by atoms with Gasteiger partial charge in [0.2, 0.25) is 0 Å². The van der Waals surface area contributed by atoms with Gasteiger partial charge in [0.1, 0.15) is 17.4 Å². The lowest BCUT2D eigenvalue weighted by Gasteiger charge is -2.39. The molecule has 3 rings (SSSR count). The third-order valence-electron chi connectivity index (χ3n) is 5.45. The number of allylic oxidation sites excluding steroid dienone is 1. The number of quaternary nitrogens is 1. The largest absolute Gasteiger partial charge is 0.623 e. The van der Waals surface area contributed by atoms with Crippen LogP contribution in [0.4, 0.5) is 5.13 Å². The highest BCUT2D eigenvalue weighted by Gasteiger charge is 2.43. The average Bonchev–Trinajstić information content (AvgIpc) is 3.47. The lowest BCUT2D eigenvalue weighted by atomic mass is 10.2. The van der Waals surface area contributed by atoms with Gasteiger partial charge in [-0.25, -0.2) is 4.90 Å². The smallest absolute Gasteiger partial charge is 0.309 e. The summed E-state index contributed by atoms with van der Waals surface area (Å²) in [7, 11) is 0. The molecule has 166 valence electrons. The molecule has 1 saturated heterocycles. The van der Waals surface area contributed by atoms with Crippen LogP contribution in [0.15, 0.2) is 35.5 Å². The molecule has 0 amide bonds. The van der Waals surface area contributed by atoms with Gasteiger partial charge in [0.25, 0.3) is 0 Å². The standard InChI is InChI=1S/C21H32ClN5O2S/c1-3-5-6-11-20-24-25-21(30-20)27(28)16-26(12-7-9-17(22)4-2)15-19(27)23-14-18-10-8-13-29-18/h3,8,10,13,17,19,23H,1,4-7,9,11-12,14-16H2,2H3. The van der Waals surface area contributed by atoms with E-state index in [9.17, 15) is 5.21 Å². The predicted octanol–water partition coefficient (Wildman–Crippen LogP) is 4.63. The number of aryl methyl sites for hydroxylation is 1. The van der Waals surface area contributed by atoms with E-state index in [0.717, 1.165) is 55.8 Å². The molecule has 2 aromatic heterocycles. The summed E-state index contributed by atoms with van der Waals surface area (Å²) < 4.78 is 4.91. The number of hydrogen-bond donors (Lipinski definition) is 1. The van der Waals surface area contributed by atoms with Crippen molar-refractivity contribution in [3.8, 4) is 0 Å². The van der Waals surface area contributed by atoms with Crippen molar-refractivity contribution < 1.29 is 4.42 Å². The highest BCUT2D eigenvalue weighted by atomic mass is 35.5. The predicted molar refractivity (Wildman–Crippen MR) is 123 cm³/mol. The van der Waals surface area contributed by atoms with Gasteiger partial charge in [0, 0.05) is 18.3 Å². The summed E-state index contributed by atoms with van der Waals surface area (Å²) in [5.74, 6) is 0.815. The maximum absolute atomic E-state index is 14.0. The number of hydrogen-bond acceptors (Lipinski definition) is 7. The van der Waals surface area contributed by atoms with E-state index in [0.29, 0.717) is 24.9 Å². The summed E-state index contributed by atoms with van der Waals surface area (Å²) in [6.07, 6.45) is 8.88. The molecule has 0 aromatic carbocycles. The first-order valence-corrected chi connectivity index (χ1v) is 11.9. The van der Waals surface area contributed by atoms with Crippen molar-refractivity contribution in [2.75, 3.05) is 19.8 Å². The molecule has 0 saturated carbocycles. The Balaban J connectivity index is 1.67. The van der Waals surface area contributed by atoms with Crippen molar-refractivity contribution >= 4 is 28.1 Å². The van der Waals surface area contributed by atoms with E-state index in [1.807, 2.05) is 18.2 Å². The summed E-state index contributed by atoms with van der Waals surface area (Å²) in [6.45, 7) is 8.26. The van der Waals surface area contributed by atoms with E-state index in [-0.39, 0.29) is 11.5 Å². The van der Waals surface area contributed by atoms with Crippen LogP contribution in [0.5, 0.6) is 0 Å².